The molecule has 0 spiro atoms. The SMILES string of the molecule is CCOC(=O)[C@@H]1CN(C)C[C@H](c2ccccc2)C1=O. The van der Waals surface area contributed by atoms with Crippen LogP contribution in [-0.2, 0) is 14.3 Å². The van der Waals surface area contributed by atoms with Crippen LogP contribution in [0.4, 0.5) is 0 Å². The standard InChI is InChI=1S/C15H19NO3/c1-3-19-15(18)13-10-16(2)9-12(14(13)17)11-7-5-4-6-8-11/h4-8,12-13H,3,9-10H2,1-2H3/t12-,13-/m1/s1. The number of likely N-dealkylation sites (N-methyl/N-ethyl adjacent to an activating group) is 1. The Balaban J connectivity index is 2.21. The highest BCUT2D eigenvalue weighted by atomic mass is 16.5. The fourth-order valence-corrected chi connectivity index (χ4v) is 2.51. The van der Waals surface area contributed by atoms with E-state index in [1.807, 2.05) is 42.3 Å². The molecule has 1 aliphatic heterocycles. The van der Waals surface area contributed by atoms with E-state index in [4.69, 9.17) is 4.74 Å². The van der Waals surface area contributed by atoms with Crippen molar-refractivity contribution in [3.05, 3.63) is 35.9 Å². The number of benzene rings is 1. The lowest BCUT2D eigenvalue weighted by Crippen LogP contribution is -2.47. The maximum atomic E-state index is 12.5. The van der Waals surface area contributed by atoms with Crippen LogP contribution in [0.25, 0.3) is 0 Å². The maximum Gasteiger partial charge on any atom is 0.317 e. The third-order valence-electron chi connectivity index (χ3n) is 3.45. The number of hydrogen-bond acceptors (Lipinski definition) is 4. The predicted octanol–water partition coefficient (Wildman–Crippen LogP) is 1.46. The molecule has 0 saturated carbocycles. The molecule has 0 N–H and O–H groups in total. The van der Waals surface area contributed by atoms with Crippen LogP contribution in [0.5, 0.6) is 0 Å². The summed E-state index contributed by atoms with van der Waals surface area (Å²) in [5.41, 5.74) is 0.966. The van der Waals surface area contributed by atoms with Crippen molar-refractivity contribution >= 4 is 11.8 Å². The first-order valence-electron chi connectivity index (χ1n) is 6.57. The van der Waals surface area contributed by atoms with Crippen LogP contribution in [0.15, 0.2) is 30.3 Å². The van der Waals surface area contributed by atoms with Gasteiger partial charge in [0.05, 0.1) is 12.5 Å². The Morgan fingerprint density at radius 2 is 2.00 bits per heavy atom. The van der Waals surface area contributed by atoms with Crippen molar-refractivity contribution < 1.29 is 14.3 Å². The molecule has 0 radical (unpaired) electrons. The van der Waals surface area contributed by atoms with Gasteiger partial charge in [-0.2, -0.15) is 0 Å². The van der Waals surface area contributed by atoms with Crippen LogP contribution >= 0.6 is 0 Å². The van der Waals surface area contributed by atoms with E-state index in [0.29, 0.717) is 19.7 Å². The van der Waals surface area contributed by atoms with Crippen molar-refractivity contribution in [1.29, 1.82) is 0 Å². The average Bonchev–Trinajstić information content (AvgIpc) is 2.42. The van der Waals surface area contributed by atoms with Gasteiger partial charge in [0, 0.05) is 13.1 Å². The summed E-state index contributed by atoms with van der Waals surface area (Å²) in [7, 11) is 1.93. The third-order valence-corrected chi connectivity index (χ3v) is 3.45. The van der Waals surface area contributed by atoms with Gasteiger partial charge in [0.1, 0.15) is 5.92 Å². The molecular weight excluding hydrogens is 242 g/mol. The van der Waals surface area contributed by atoms with E-state index in [0.717, 1.165) is 5.56 Å². The van der Waals surface area contributed by atoms with Gasteiger partial charge in [-0.25, -0.2) is 0 Å². The lowest BCUT2D eigenvalue weighted by molar-refractivity contribution is -0.154. The smallest absolute Gasteiger partial charge is 0.317 e. The Kier molecular flexibility index (Phi) is 4.32. The Labute approximate surface area is 113 Å². The van der Waals surface area contributed by atoms with E-state index in [9.17, 15) is 9.59 Å². The largest absolute Gasteiger partial charge is 0.465 e. The highest BCUT2D eigenvalue weighted by Gasteiger charge is 2.39. The monoisotopic (exact) mass is 261 g/mol. The number of Topliss-reactive ketones (excluding diaryl/α,β-unsaturated/α-hetero) is 1. The molecule has 2 rings (SSSR count). The number of ether oxygens (including phenoxy) is 1. The van der Waals surface area contributed by atoms with Gasteiger partial charge in [0.15, 0.2) is 5.78 Å². The van der Waals surface area contributed by atoms with Gasteiger partial charge in [0.2, 0.25) is 0 Å². The molecular formula is C15H19NO3. The Hall–Kier alpha value is -1.68. The van der Waals surface area contributed by atoms with Gasteiger partial charge < -0.3 is 9.64 Å². The molecule has 0 amide bonds. The molecule has 1 fully saturated rings. The highest BCUT2D eigenvalue weighted by Crippen LogP contribution is 2.27. The number of hydrogen-bond donors (Lipinski definition) is 0. The summed E-state index contributed by atoms with van der Waals surface area (Å²) in [6, 6.07) is 9.62. The molecule has 2 atom stereocenters. The highest BCUT2D eigenvalue weighted by molar-refractivity contribution is 6.03. The van der Waals surface area contributed by atoms with Gasteiger partial charge >= 0.3 is 5.97 Å². The molecule has 0 aromatic heterocycles. The van der Waals surface area contributed by atoms with Crippen LogP contribution in [-0.4, -0.2) is 43.4 Å². The first kappa shape index (κ1) is 13.7. The normalized spacial score (nSPS) is 24.2. The van der Waals surface area contributed by atoms with Gasteiger partial charge in [0.25, 0.3) is 0 Å². The minimum Gasteiger partial charge on any atom is -0.465 e. The first-order valence-corrected chi connectivity index (χ1v) is 6.57. The van der Waals surface area contributed by atoms with E-state index in [1.54, 1.807) is 6.92 Å². The molecule has 1 saturated heterocycles. The summed E-state index contributed by atoms with van der Waals surface area (Å²) in [6.07, 6.45) is 0. The van der Waals surface area contributed by atoms with E-state index >= 15 is 0 Å². The number of carbonyl (C=O) groups excluding carboxylic acids is 2. The van der Waals surface area contributed by atoms with E-state index in [1.165, 1.54) is 0 Å². The number of ketones is 1. The molecule has 0 unspecified atom stereocenters. The molecule has 19 heavy (non-hydrogen) atoms. The molecule has 0 aliphatic carbocycles. The van der Waals surface area contributed by atoms with Crippen LogP contribution in [0.3, 0.4) is 0 Å². The molecule has 0 bridgehead atoms. The number of nitrogens with zero attached hydrogens (tertiary/aromatic N) is 1. The summed E-state index contributed by atoms with van der Waals surface area (Å²) in [6.45, 7) is 3.16. The van der Waals surface area contributed by atoms with Crippen molar-refractivity contribution in [2.75, 3.05) is 26.7 Å². The van der Waals surface area contributed by atoms with Crippen LogP contribution in [0.2, 0.25) is 0 Å². The topological polar surface area (TPSA) is 46.6 Å². The van der Waals surface area contributed by atoms with Gasteiger partial charge in [-0.1, -0.05) is 30.3 Å². The van der Waals surface area contributed by atoms with E-state index in [-0.39, 0.29) is 11.7 Å². The minimum absolute atomic E-state index is 0.0252. The zero-order valence-corrected chi connectivity index (χ0v) is 11.3. The third kappa shape index (κ3) is 3.01. The molecule has 1 aromatic carbocycles. The van der Waals surface area contributed by atoms with Crippen molar-refractivity contribution in [3.8, 4) is 0 Å². The summed E-state index contributed by atoms with van der Waals surface area (Å²) in [4.78, 5) is 26.3. The number of carbonyl (C=O) groups is 2. The fraction of sp³-hybridized carbons (Fsp3) is 0.467. The Morgan fingerprint density at radius 3 is 2.63 bits per heavy atom. The Bertz CT molecular complexity index is 458. The van der Waals surface area contributed by atoms with Crippen molar-refractivity contribution in [2.24, 2.45) is 5.92 Å². The average molecular weight is 261 g/mol. The minimum atomic E-state index is -0.663. The maximum absolute atomic E-state index is 12.5. The summed E-state index contributed by atoms with van der Waals surface area (Å²) in [5.74, 6) is -1.33. The predicted molar refractivity (Wildman–Crippen MR) is 71.8 cm³/mol. The van der Waals surface area contributed by atoms with E-state index < -0.39 is 11.9 Å². The van der Waals surface area contributed by atoms with Crippen molar-refractivity contribution in [1.82, 2.24) is 4.90 Å². The second kappa shape index (κ2) is 5.97. The van der Waals surface area contributed by atoms with Gasteiger partial charge in [-0.15, -0.1) is 0 Å². The molecule has 102 valence electrons. The van der Waals surface area contributed by atoms with E-state index in [2.05, 4.69) is 0 Å². The molecule has 4 nitrogen and oxygen atoms in total. The molecule has 1 heterocycles. The zero-order valence-electron chi connectivity index (χ0n) is 11.3. The van der Waals surface area contributed by atoms with Crippen LogP contribution < -0.4 is 0 Å². The molecule has 1 aliphatic rings. The number of esters is 1. The Morgan fingerprint density at radius 1 is 1.32 bits per heavy atom. The van der Waals surface area contributed by atoms with Gasteiger partial charge in [-0.05, 0) is 19.5 Å². The number of piperidine rings is 1. The van der Waals surface area contributed by atoms with Crippen LogP contribution in [0.1, 0.15) is 18.4 Å². The summed E-state index contributed by atoms with van der Waals surface area (Å²) in [5, 5.41) is 0. The lowest BCUT2D eigenvalue weighted by Gasteiger charge is -2.33. The molecule has 1 aromatic rings. The summed E-state index contributed by atoms with van der Waals surface area (Å²) >= 11 is 0. The zero-order chi connectivity index (χ0) is 13.8. The van der Waals surface area contributed by atoms with Crippen LogP contribution in [0, 0.1) is 5.92 Å². The lowest BCUT2D eigenvalue weighted by atomic mass is 9.83. The van der Waals surface area contributed by atoms with Crippen molar-refractivity contribution in [3.63, 3.8) is 0 Å². The quantitative estimate of drug-likeness (QED) is 0.610. The van der Waals surface area contributed by atoms with Gasteiger partial charge in [-0.3, -0.25) is 9.59 Å². The second-order valence-corrected chi connectivity index (χ2v) is 4.89. The molecule has 4 heteroatoms. The number of rotatable bonds is 3. The second-order valence-electron chi connectivity index (χ2n) is 4.89. The van der Waals surface area contributed by atoms with Crippen molar-refractivity contribution in [2.45, 2.75) is 12.8 Å². The summed E-state index contributed by atoms with van der Waals surface area (Å²) < 4.78 is 5.00. The first-order chi connectivity index (χ1) is 9.13. The fourth-order valence-electron chi connectivity index (χ4n) is 2.51. The number of likely N-dealkylation sites (tertiary alicyclic amines) is 1.